The summed E-state index contributed by atoms with van der Waals surface area (Å²) in [6.07, 6.45) is 10.2. The van der Waals surface area contributed by atoms with Crippen molar-refractivity contribution >= 4 is 11.9 Å². The van der Waals surface area contributed by atoms with Crippen molar-refractivity contribution in [1.29, 1.82) is 0 Å². The summed E-state index contributed by atoms with van der Waals surface area (Å²) < 4.78 is 2.60. The van der Waals surface area contributed by atoms with Gasteiger partial charge < -0.3 is 5.11 Å². The Kier molecular flexibility index (Phi) is 7.75. The summed E-state index contributed by atoms with van der Waals surface area (Å²) in [7, 11) is 0. The lowest BCUT2D eigenvalue weighted by Gasteiger charge is -2.20. The molecule has 0 atom stereocenters. The Morgan fingerprint density at radius 1 is 1.06 bits per heavy atom. The maximum absolute atomic E-state index is 13.2. The zero-order valence-electron chi connectivity index (χ0n) is 20.0. The number of aromatic carboxylic acids is 1. The predicted octanol–water partition coefficient (Wildman–Crippen LogP) is 5.19. The van der Waals surface area contributed by atoms with Gasteiger partial charge in [-0.1, -0.05) is 73.9 Å². The van der Waals surface area contributed by atoms with Crippen molar-refractivity contribution in [3.8, 4) is 11.1 Å². The molecule has 0 bridgehead atoms. The van der Waals surface area contributed by atoms with Gasteiger partial charge in [0.2, 0.25) is 0 Å². The van der Waals surface area contributed by atoms with Crippen molar-refractivity contribution < 1.29 is 14.7 Å². The molecule has 1 N–H and O–H groups in total. The molecule has 0 unspecified atom stereocenters. The zero-order chi connectivity index (χ0) is 24.8. The van der Waals surface area contributed by atoms with Gasteiger partial charge in [0.15, 0.2) is 0 Å². The number of hydrogen-bond acceptors (Lipinski definition) is 4. The van der Waals surface area contributed by atoms with E-state index in [1.54, 1.807) is 22.8 Å². The maximum atomic E-state index is 13.2. The molecule has 0 radical (unpaired) electrons. The van der Waals surface area contributed by atoms with E-state index in [2.05, 4.69) is 5.10 Å². The minimum absolute atomic E-state index is 0.233. The highest BCUT2D eigenvalue weighted by Gasteiger charge is 2.22. The van der Waals surface area contributed by atoms with Crippen LogP contribution in [0, 0.1) is 5.92 Å². The van der Waals surface area contributed by atoms with Crippen LogP contribution in [0.15, 0.2) is 65.5 Å². The number of rotatable bonds is 8. The lowest BCUT2D eigenvalue weighted by atomic mass is 9.87. The Hall–Kier alpha value is -3.74. The van der Waals surface area contributed by atoms with E-state index in [1.165, 1.54) is 6.42 Å². The highest BCUT2D eigenvalue weighted by Crippen LogP contribution is 2.27. The van der Waals surface area contributed by atoms with Crippen LogP contribution in [0.25, 0.3) is 11.1 Å². The van der Waals surface area contributed by atoms with Crippen LogP contribution in [0.5, 0.6) is 0 Å². The molecule has 1 saturated carbocycles. The molecule has 7 nitrogen and oxygen atoms in total. The van der Waals surface area contributed by atoms with Gasteiger partial charge in [-0.3, -0.25) is 9.36 Å². The topological polar surface area (TPSA) is 94.2 Å². The van der Waals surface area contributed by atoms with Gasteiger partial charge in [0.05, 0.1) is 12.1 Å². The predicted molar refractivity (Wildman–Crippen MR) is 135 cm³/mol. The largest absolute Gasteiger partial charge is 0.478 e. The molecular formula is C28H31N3O4. The van der Waals surface area contributed by atoms with Gasteiger partial charge in [-0.05, 0) is 48.4 Å². The molecule has 182 valence electrons. The highest BCUT2D eigenvalue weighted by molar-refractivity contribution is 5.96. The van der Waals surface area contributed by atoms with Gasteiger partial charge in [-0.25, -0.2) is 9.59 Å². The molecular weight excluding hydrogens is 442 g/mol. The van der Waals surface area contributed by atoms with Gasteiger partial charge in [-0.2, -0.15) is 0 Å². The van der Waals surface area contributed by atoms with Crippen LogP contribution < -0.4 is 5.69 Å². The van der Waals surface area contributed by atoms with E-state index in [-0.39, 0.29) is 18.0 Å². The molecule has 2 aromatic carbocycles. The van der Waals surface area contributed by atoms with Crippen LogP contribution in [-0.2, 0) is 13.0 Å². The number of carboxylic acid groups (broad SMARTS) is 1. The standard InChI is InChI=1S/C28H31N3O4/c1-2-3-13-25-29-31(26(32)18-20-9-5-4-6-10-20)28(35)30(25)19-21-14-16-22(17-15-21)23-11-7-8-12-24(23)27(33)34/h2-3,7-8,11-12,14-17,20H,4-6,9-10,13,18-19H2,1H3,(H,33,34). The molecule has 1 heterocycles. The lowest BCUT2D eigenvalue weighted by molar-refractivity contribution is 0.0697. The van der Waals surface area contributed by atoms with Crippen molar-refractivity contribution in [3.05, 3.63) is 88.1 Å². The average molecular weight is 474 g/mol. The fraction of sp³-hybridized carbons (Fsp3) is 0.357. The molecule has 0 saturated heterocycles. The summed E-state index contributed by atoms with van der Waals surface area (Å²) in [5, 5.41) is 13.9. The van der Waals surface area contributed by atoms with Crippen molar-refractivity contribution in [2.75, 3.05) is 0 Å². The molecule has 1 aromatic heterocycles. The average Bonchev–Trinajstić information content (AvgIpc) is 3.18. The van der Waals surface area contributed by atoms with E-state index < -0.39 is 11.7 Å². The first-order valence-corrected chi connectivity index (χ1v) is 12.2. The second-order valence-electron chi connectivity index (χ2n) is 9.12. The minimum Gasteiger partial charge on any atom is -0.478 e. The van der Waals surface area contributed by atoms with Gasteiger partial charge >= 0.3 is 11.7 Å². The summed E-state index contributed by atoms with van der Waals surface area (Å²) in [4.78, 5) is 37.7. The van der Waals surface area contributed by atoms with Crippen LogP contribution in [0.4, 0.5) is 0 Å². The molecule has 1 aliphatic rings. The van der Waals surface area contributed by atoms with E-state index in [4.69, 9.17) is 0 Å². The van der Waals surface area contributed by atoms with Gasteiger partial charge in [0.25, 0.3) is 5.91 Å². The van der Waals surface area contributed by atoms with Crippen LogP contribution in [-0.4, -0.2) is 31.3 Å². The molecule has 1 aliphatic carbocycles. The van der Waals surface area contributed by atoms with Crippen LogP contribution in [0.1, 0.15) is 72.0 Å². The number of carbonyl (C=O) groups is 2. The van der Waals surface area contributed by atoms with E-state index in [0.29, 0.717) is 30.1 Å². The normalized spacial score (nSPS) is 14.4. The minimum atomic E-state index is -0.977. The fourth-order valence-electron chi connectivity index (χ4n) is 4.75. The van der Waals surface area contributed by atoms with Gasteiger partial charge in [-0.15, -0.1) is 9.78 Å². The third kappa shape index (κ3) is 5.67. The molecule has 0 amide bonds. The summed E-state index contributed by atoms with van der Waals surface area (Å²) in [6.45, 7) is 2.19. The Labute approximate surface area is 204 Å². The first-order chi connectivity index (χ1) is 17.0. The number of nitrogens with zero attached hydrogens (tertiary/aromatic N) is 3. The first kappa shape index (κ1) is 24.4. The molecule has 7 heteroatoms. The Morgan fingerprint density at radius 3 is 2.46 bits per heavy atom. The first-order valence-electron chi connectivity index (χ1n) is 12.2. The van der Waals surface area contributed by atoms with E-state index >= 15 is 0 Å². The van der Waals surface area contributed by atoms with E-state index in [0.717, 1.165) is 41.5 Å². The Bertz CT molecular complexity index is 1280. The van der Waals surface area contributed by atoms with Crippen LogP contribution in [0.2, 0.25) is 0 Å². The number of carbonyl (C=O) groups excluding carboxylic acids is 1. The molecule has 3 aromatic rings. The summed E-state index contributed by atoms with van der Waals surface area (Å²) in [6, 6.07) is 14.3. The van der Waals surface area contributed by atoms with Crippen LogP contribution >= 0.6 is 0 Å². The molecule has 0 aliphatic heterocycles. The fourth-order valence-corrected chi connectivity index (χ4v) is 4.75. The van der Waals surface area contributed by atoms with Gasteiger partial charge in [0.1, 0.15) is 5.82 Å². The van der Waals surface area contributed by atoms with E-state index in [1.807, 2.05) is 49.4 Å². The van der Waals surface area contributed by atoms with Gasteiger partial charge in [0, 0.05) is 12.8 Å². The maximum Gasteiger partial charge on any atom is 0.353 e. The monoisotopic (exact) mass is 473 g/mol. The second kappa shape index (κ2) is 11.1. The molecule has 1 fully saturated rings. The van der Waals surface area contributed by atoms with Crippen molar-refractivity contribution in [2.45, 2.75) is 58.4 Å². The zero-order valence-corrected chi connectivity index (χ0v) is 20.0. The SMILES string of the molecule is CC=CCc1nn(C(=O)CC2CCCCC2)c(=O)n1Cc1ccc(-c2ccccc2C(=O)O)cc1. The second-order valence-corrected chi connectivity index (χ2v) is 9.12. The lowest BCUT2D eigenvalue weighted by Crippen LogP contribution is -2.31. The third-order valence-corrected chi connectivity index (χ3v) is 6.66. The van der Waals surface area contributed by atoms with Crippen molar-refractivity contribution in [2.24, 2.45) is 5.92 Å². The number of aromatic nitrogens is 3. The quantitative estimate of drug-likeness (QED) is 0.455. The summed E-state index contributed by atoms with van der Waals surface area (Å²) in [5.41, 5.74) is 2.11. The number of allylic oxidation sites excluding steroid dienone is 2. The number of hydrogen-bond donors (Lipinski definition) is 1. The smallest absolute Gasteiger partial charge is 0.353 e. The van der Waals surface area contributed by atoms with E-state index in [9.17, 15) is 19.5 Å². The summed E-state index contributed by atoms with van der Waals surface area (Å²) >= 11 is 0. The van der Waals surface area contributed by atoms with Crippen molar-refractivity contribution in [3.63, 3.8) is 0 Å². The Balaban J connectivity index is 1.59. The van der Waals surface area contributed by atoms with Crippen molar-refractivity contribution in [1.82, 2.24) is 14.3 Å². The number of benzene rings is 2. The third-order valence-electron chi connectivity index (χ3n) is 6.66. The number of carboxylic acids is 1. The molecule has 4 rings (SSSR count). The summed E-state index contributed by atoms with van der Waals surface area (Å²) in [5.74, 6) is -0.336. The molecule has 0 spiro atoms. The Morgan fingerprint density at radius 2 is 1.77 bits per heavy atom. The molecule has 35 heavy (non-hydrogen) atoms. The highest BCUT2D eigenvalue weighted by atomic mass is 16.4. The van der Waals surface area contributed by atoms with Crippen LogP contribution in [0.3, 0.4) is 0 Å².